The summed E-state index contributed by atoms with van der Waals surface area (Å²) in [6, 6.07) is 0. The minimum absolute atomic E-state index is 0.0746. The van der Waals surface area contributed by atoms with Gasteiger partial charge >= 0.3 is 5.97 Å². The van der Waals surface area contributed by atoms with E-state index in [0.717, 1.165) is 12.8 Å². The number of hydrogen-bond donors (Lipinski definition) is 1. The molecule has 1 N–H and O–H groups in total. The molecule has 0 atom stereocenters. The summed E-state index contributed by atoms with van der Waals surface area (Å²) in [6.45, 7) is 2.43. The summed E-state index contributed by atoms with van der Waals surface area (Å²) < 4.78 is 4.89. The van der Waals surface area contributed by atoms with E-state index in [2.05, 4.69) is 11.8 Å². The molecule has 5 heteroatoms. The number of allylic oxidation sites excluding steroid dienone is 1. The maximum atomic E-state index is 11.1. The molecule has 0 unspecified atom stereocenters. The van der Waals surface area contributed by atoms with Gasteiger partial charge in [0.25, 0.3) is 0 Å². The maximum absolute atomic E-state index is 11.1. The topological polar surface area (TPSA) is 55.4 Å². The minimum atomic E-state index is -0.357. The molecule has 0 heterocycles. The number of carbonyl (C=O) groups excluding carboxylic acids is 2. The Hall–Kier alpha value is -0.870. The molecule has 92 valence electrons. The Bertz CT molecular complexity index is 241. The molecule has 0 aliphatic carbocycles. The Morgan fingerprint density at radius 1 is 1.31 bits per heavy atom. The van der Waals surface area contributed by atoms with Crippen LogP contribution in [-0.2, 0) is 14.3 Å². The Kier molecular flexibility index (Phi) is 10.1. The van der Waals surface area contributed by atoms with E-state index in [1.807, 2.05) is 12.2 Å². The summed E-state index contributed by atoms with van der Waals surface area (Å²) in [4.78, 5) is 24.3. The Morgan fingerprint density at radius 2 is 2.06 bits per heavy atom. The highest BCUT2D eigenvalue weighted by atomic mass is 35.5. The molecule has 0 aromatic heterocycles. The normalized spacial score (nSPS) is 10.6. The molecular weight excluding hydrogens is 230 g/mol. The lowest BCUT2D eigenvalue weighted by molar-refractivity contribution is -0.143. The van der Waals surface area contributed by atoms with E-state index in [9.17, 15) is 9.59 Å². The lowest BCUT2D eigenvalue weighted by Gasteiger charge is -2.01. The first-order chi connectivity index (χ1) is 7.70. The predicted octanol–water partition coefficient (Wildman–Crippen LogP) is 1.98. The highest BCUT2D eigenvalue weighted by Gasteiger charge is 2.06. The Morgan fingerprint density at radius 3 is 2.69 bits per heavy atom. The van der Waals surface area contributed by atoms with Gasteiger partial charge in [-0.3, -0.25) is 9.59 Å². The van der Waals surface area contributed by atoms with E-state index in [1.54, 1.807) is 0 Å². The number of Topliss-reactive ketones (excluding diaryl/α,β-unsaturated/α-hetero) is 1. The third kappa shape index (κ3) is 9.68. The monoisotopic (exact) mass is 247 g/mol. The van der Waals surface area contributed by atoms with Gasteiger partial charge in [-0.2, -0.15) is 0 Å². The molecule has 0 bridgehead atoms. The minimum Gasteiger partial charge on any atom is -0.461 e. The largest absolute Gasteiger partial charge is 0.461 e. The van der Waals surface area contributed by atoms with Crippen LogP contribution in [0.1, 0.15) is 32.6 Å². The standard InChI is InChI=1S/C11H18ClNO3/c1-2-3-4-5-8-16-11(15)7-6-10(14)9-13-12/h4-5,13H,2-3,6-9H2,1H3/b5-4+. The zero-order valence-corrected chi connectivity index (χ0v) is 10.3. The van der Waals surface area contributed by atoms with Crippen molar-refractivity contribution in [1.29, 1.82) is 0 Å². The van der Waals surface area contributed by atoms with Crippen molar-refractivity contribution < 1.29 is 14.3 Å². The van der Waals surface area contributed by atoms with Crippen LogP contribution in [-0.4, -0.2) is 24.9 Å². The fourth-order valence-corrected chi connectivity index (χ4v) is 1.12. The number of carbonyl (C=O) groups is 2. The van der Waals surface area contributed by atoms with Gasteiger partial charge in [-0.25, -0.2) is 4.84 Å². The quantitative estimate of drug-likeness (QED) is 0.385. The maximum Gasteiger partial charge on any atom is 0.306 e. The lowest BCUT2D eigenvalue weighted by atomic mass is 10.2. The molecule has 0 aromatic rings. The molecule has 0 fully saturated rings. The number of unbranched alkanes of at least 4 members (excludes halogenated alkanes) is 1. The molecule has 0 aromatic carbocycles. The van der Waals surface area contributed by atoms with Crippen molar-refractivity contribution in [2.24, 2.45) is 0 Å². The van der Waals surface area contributed by atoms with Gasteiger partial charge in [0.1, 0.15) is 12.4 Å². The zero-order chi connectivity index (χ0) is 12.2. The van der Waals surface area contributed by atoms with E-state index in [-0.39, 0.29) is 37.7 Å². The van der Waals surface area contributed by atoms with E-state index in [4.69, 9.17) is 16.5 Å². The number of rotatable bonds is 9. The predicted molar refractivity (Wildman–Crippen MR) is 63.1 cm³/mol. The van der Waals surface area contributed by atoms with Crippen LogP contribution in [0, 0.1) is 0 Å². The van der Waals surface area contributed by atoms with Crippen molar-refractivity contribution in [3.63, 3.8) is 0 Å². The van der Waals surface area contributed by atoms with Gasteiger partial charge in [-0.15, -0.1) is 0 Å². The highest BCUT2D eigenvalue weighted by molar-refractivity contribution is 6.14. The van der Waals surface area contributed by atoms with Gasteiger partial charge in [-0.1, -0.05) is 25.5 Å². The lowest BCUT2D eigenvalue weighted by Crippen LogP contribution is -2.16. The molecule has 0 saturated heterocycles. The summed E-state index contributed by atoms with van der Waals surface area (Å²) in [5.41, 5.74) is 0. The summed E-state index contributed by atoms with van der Waals surface area (Å²) in [5.74, 6) is -0.461. The van der Waals surface area contributed by atoms with Crippen LogP contribution in [0.5, 0.6) is 0 Å². The Labute approximate surface area is 101 Å². The molecule has 0 aliphatic rings. The first-order valence-corrected chi connectivity index (χ1v) is 5.74. The molecule has 0 amide bonds. The zero-order valence-electron chi connectivity index (χ0n) is 9.50. The smallest absolute Gasteiger partial charge is 0.306 e. The average Bonchev–Trinajstić information content (AvgIpc) is 2.26. The summed E-state index contributed by atoms with van der Waals surface area (Å²) in [7, 11) is 0. The average molecular weight is 248 g/mol. The summed E-state index contributed by atoms with van der Waals surface area (Å²) in [5, 5.41) is 0. The van der Waals surface area contributed by atoms with Crippen molar-refractivity contribution in [2.75, 3.05) is 13.2 Å². The van der Waals surface area contributed by atoms with Crippen molar-refractivity contribution >= 4 is 23.5 Å². The molecular formula is C11H18ClNO3. The van der Waals surface area contributed by atoms with Gasteiger partial charge < -0.3 is 4.74 Å². The highest BCUT2D eigenvalue weighted by Crippen LogP contribution is 1.95. The fourth-order valence-electron chi connectivity index (χ4n) is 0.970. The van der Waals surface area contributed by atoms with Crippen LogP contribution in [0.3, 0.4) is 0 Å². The van der Waals surface area contributed by atoms with E-state index >= 15 is 0 Å². The van der Waals surface area contributed by atoms with E-state index < -0.39 is 0 Å². The summed E-state index contributed by atoms with van der Waals surface area (Å²) >= 11 is 5.15. The summed E-state index contributed by atoms with van der Waals surface area (Å²) in [6.07, 6.45) is 6.11. The van der Waals surface area contributed by atoms with Crippen LogP contribution >= 0.6 is 11.8 Å². The second-order valence-corrected chi connectivity index (χ2v) is 3.56. The van der Waals surface area contributed by atoms with Crippen LogP contribution in [0.15, 0.2) is 12.2 Å². The van der Waals surface area contributed by atoms with Gasteiger partial charge in [0.2, 0.25) is 0 Å². The molecule has 0 aliphatic heterocycles. The van der Waals surface area contributed by atoms with Crippen LogP contribution in [0.4, 0.5) is 0 Å². The molecule has 0 rings (SSSR count). The third-order valence-electron chi connectivity index (χ3n) is 1.83. The number of nitrogens with one attached hydrogen (secondary N) is 1. The molecule has 16 heavy (non-hydrogen) atoms. The van der Waals surface area contributed by atoms with Gasteiger partial charge in [0.15, 0.2) is 0 Å². The number of esters is 1. The molecule has 0 radical (unpaired) electrons. The third-order valence-corrected chi connectivity index (χ3v) is 1.97. The number of halogens is 1. The Balaban J connectivity index is 3.48. The molecule has 4 nitrogen and oxygen atoms in total. The SMILES string of the molecule is CCC/C=C/COC(=O)CCC(=O)CNCl. The fraction of sp³-hybridized carbons (Fsp3) is 0.636. The van der Waals surface area contributed by atoms with Crippen LogP contribution in [0.2, 0.25) is 0 Å². The molecule has 0 saturated carbocycles. The first kappa shape index (κ1) is 15.1. The van der Waals surface area contributed by atoms with E-state index in [0.29, 0.717) is 0 Å². The van der Waals surface area contributed by atoms with Crippen LogP contribution < -0.4 is 4.84 Å². The number of ketones is 1. The van der Waals surface area contributed by atoms with Gasteiger partial charge in [-0.05, 0) is 18.2 Å². The molecule has 0 spiro atoms. The number of ether oxygens (including phenoxy) is 1. The van der Waals surface area contributed by atoms with Crippen molar-refractivity contribution in [2.45, 2.75) is 32.6 Å². The second kappa shape index (κ2) is 10.6. The van der Waals surface area contributed by atoms with Crippen molar-refractivity contribution in [1.82, 2.24) is 4.84 Å². The first-order valence-electron chi connectivity index (χ1n) is 5.36. The van der Waals surface area contributed by atoms with Gasteiger partial charge in [0.05, 0.1) is 13.0 Å². The second-order valence-electron chi connectivity index (χ2n) is 3.29. The van der Waals surface area contributed by atoms with Crippen LogP contribution in [0.25, 0.3) is 0 Å². The number of hydrogen-bond acceptors (Lipinski definition) is 4. The van der Waals surface area contributed by atoms with Crippen molar-refractivity contribution in [3.05, 3.63) is 12.2 Å². The van der Waals surface area contributed by atoms with Crippen molar-refractivity contribution in [3.8, 4) is 0 Å². The van der Waals surface area contributed by atoms with E-state index in [1.165, 1.54) is 0 Å². The van der Waals surface area contributed by atoms with Gasteiger partial charge in [0, 0.05) is 6.42 Å².